The number of halogens is 3. The molecule has 2 rings (SSSR count). The van der Waals surface area contributed by atoms with E-state index in [1.165, 1.54) is 16.8 Å². The molecule has 0 fully saturated rings. The van der Waals surface area contributed by atoms with E-state index in [1.807, 2.05) is 0 Å². The Morgan fingerprint density at radius 3 is 2.57 bits per heavy atom. The van der Waals surface area contributed by atoms with E-state index in [9.17, 15) is 18.0 Å². The Balaban J connectivity index is 2.20. The van der Waals surface area contributed by atoms with Gasteiger partial charge >= 0.3 is 6.36 Å². The number of alkyl halides is 3. The zero-order chi connectivity index (χ0) is 17.0. The number of rotatable bonds is 6. The van der Waals surface area contributed by atoms with Crippen LogP contribution in [0.15, 0.2) is 29.4 Å². The van der Waals surface area contributed by atoms with Crippen molar-refractivity contribution in [3.05, 3.63) is 24.3 Å². The summed E-state index contributed by atoms with van der Waals surface area (Å²) in [4.78, 5) is 11.3. The molecule has 23 heavy (non-hydrogen) atoms. The molecule has 0 aliphatic heterocycles. The number of hydrogen-bond acceptors (Lipinski definition) is 6. The number of hydrogen-bond donors (Lipinski definition) is 1. The molecule has 2 aromatic rings. The molecule has 1 amide bonds. The van der Waals surface area contributed by atoms with Crippen molar-refractivity contribution in [3.8, 4) is 11.4 Å². The summed E-state index contributed by atoms with van der Waals surface area (Å²) in [5.41, 5.74) is 5.69. The number of benzene rings is 1. The summed E-state index contributed by atoms with van der Waals surface area (Å²) in [7, 11) is 0. The highest BCUT2D eigenvalue weighted by Gasteiger charge is 2.31. The molecule has 7 nitrogen and oxygen atoms in total. The maximum Gasteiger partial charge on any atom is 0.573 e. The minimum absolute atomic E-state index is 0.306. The number of nitrogens with zero attached hydrogens (tertiary/aromatic N) is 4. The van der Waals surface area contributed by atoms with Crippen LogP contribution in [0.25, 0.3) is 5.69 Å². The molecule has 0 unspecified atom stereocenters. The zero-order valence-electron chi connectivity index (χ0n) is 11.8. The first kappa shape index (κ1) is 17.1. The van der Waals surface area contributed by atoms with Crippen molar-refractivity contribution in [1.29, 1.82) is 0 Å². The molecule has 1 atom stereocenters. The van der Waals surface area contributed by atoms with Crippen molar-refractivity contribution in [2.24, 2.45) is 5.73 Å². The van der Waals surface area contributed by atoms with Gasteiger partial charge in [-0.25, -0.2) is 0 Å². The van der Waals surface area contributed by atoms with Gasteiger partial charge in [0.05, 0.1) is 10.9 Å². The number of carbonyl (C=O) groups excluding carboxylic acids is 1. The SMILES string of the molecule is CC[C@@H](Sc1nnnn1-c1ccc(OC(F)(F)F)cc1)C(N)=O. The molecule has 0 aliphatic rings. The third kappa shape index (κ3) is 4.58. The van der Waals surface area contributed by atoms with Crippen LogP contribution in [0.3, 0.4) is 0 Å². The van der Waals surface area contributed by atoms with E-state index in [2.05, 4.69) is 20.3 Å². The van der Waals surface area contributed by atoms with Gasteiger partial charge in [0.1, 0.15) is 5.75 Å². The van der Waals surface area contributed by atoms with Crippen LogP contribution in [0.2, 0.25) is 0 Å². The van der Waals surface area contributed by atoms with Crippen LogP contribution in [0.4, 0.5) is 13.2 Å². The number of tetrazole rings is 1. The molecule has 1 heterocycles. The molecule has 0 bridgehead atoms. The van der Waals surface area contributed by atoms with E-state index >= 15 is 0 Å². The summed E-state index contributed by atoms with van der Waals surface area (Å²) in [5, 5.41) is 10.9. The number of amides is 1. The summed E-state index contributed by atoms with van der Waals surface area (Å²) in [6, 6.07) is 5.02. The second kappa shape index (κ2) is 6.86. The topological polar surface area (TPSA) is 95.9 Å². The van der Waals surface area contributed by atoms with Gasteiger partial charge in [0.15, 0.2) is 0 Å². The molecule has 0 aliphatic carbocycles. The molecule has 0 radical (unpaired) electrons. The number of primary amides is 1. The molecule has 1 aromatic heterocycles. The highest BCUT2D eigenvalue weighted by molar-refractivity contribution is 8.00. The largest absolute Gasteiger partial charge is 0.573 e. The smallest absolute Gasteiger partial charge is 0.406 e. The maximum absolute atomic E-state index is 12.1. The van der Waals surface area contributed by atoms with Gasteiger partial charge in [-0.2, -0.15) is 4.68 Å². The number of nitrogens with two attached hydrogens (primary N) is 1. The number of carbonyl (C=O) groups is 1. The van der Waals surface area contributed by atoms with Gasteiger partial charge in [-0.1, -0.05) is 18.7 Å². The van der Waals surface area contributed by atoms with Gasteiger partial charge in [-0.15, -0.1) is 18.3 Å². The Morgan fingerprint density at radius 2 is 2.04 bits per heavy atom. The maximum atomic E-state index is 12.1. The highest BCUT2D eigenvalue weighted by atomic mass is 32.2. The summed E-state index contributed by atoms with van der Waals surface area (Å²) in [6.45, 7) is 1.79. The lowest BCUT2D eigenvalue weighted by Crippen LogP contribution is -2.25. The van der Waals surface area contributed by atoms with Crippen molar-refractivity contribution < 1.29 is 22.7 Å². The van der Waals surface area contributed by atoms with Crippen LogP contribution in [-0.4, -0.2) is 37.7 Å². The first-order valence-electron chi connectivity index (χ1n) is 6.40. The lowest BCUT2D eigenvalue weighted by molar-refractivity contribution is -0.274. The molecule has 11 heteroatoms. The summed E-state index contributed by atoms with van der Waals surface area (Å²) in [6.07, 6.45) is -4.27. The first-order chi connectivity index (χ1) is 10.8. The highest BCUT2D eigenvalue weighted by Crippen LogP contribution is 2.27. The Kier molecular flexibility index (Phi) is 5.08. The van der Waals surface area contributed by atoms with Gasteiger partial charge in [0.25, 0.3) is 0 Å². The fourth-order valence-electron chi connectivity index (χ4n) is 1.67. The zero-order valence-corrected chi connectivity index (χ0v) is 12.6. The average Bonchev–Trinajstić information content (AvgIpc) is 2.91. The molecule has 2 N–H and O–H groups in total. The normalized spacial score (nSPS) is 12.9. The van der Waals surface area contributed by atoms with Crippen molar-refractivity contribution in [2.45, 2.75) is 30.1 Å². The molecule has 0 saturated heterocycles. The van der Waals surface area contributed by atoms with E-state index in [4.69, 9.17) is 5.73 Å². The van der Waals surface area contributed by atoms with Crippen LogP contribution in [0.5, 0.6) is 5.75 Å². The third-order valence-corrected chi connectivity index (χ3v) is 4.01. The molecular formula is C12H12F3N5O2S. The fourth-order valence-corrected chi connectivity index (χ4v) is 2.54. The summed E-state index contributed by atoms with van der Waals surface area (Å²) < 4.78 is 41.5. The van der Waals surface area contributed by atoms with E-state index in [-0.39, 0.29) is 5.75 Å². The fraction of sp³-hybridized carbons (Fsp3) is 0.333. The molecule has 0 spiro atoms. The van der Waals surface area contributed by atoms with Gasteiger partial charge in [-0.3, -0.25) is 4.79 Å². The van der Waals surface area contributed by atoms with Crippen molar-refractivity contribution in [3.63, 3.8) is 0 Å². The first-order valence-corrected chi connectivity index (χ1v) is 7.28. The number of thioether (sulfide) groups is 1. The second-order valence-electron chi connectivity index (χ2n) is 4.33. The molecule has 0 saturated carbocycles. The Labute approximate surface area is 133 Å². The van der Waals surface area contributed by atoms with Crippen LogP contribution in [0.1, 0.15) is 13.3 Å². The van der Waals surface area contributed by atoms with Crippen LogP contribution in [-0.2, 0) is 4.79 Å². The predicted octanol–water partition coefficient (Wildman–Crippen LogP) is 1.92. The quantitative estimate of drug-likeness (QED) is 0.802. The van der Waals surface area contributed by atoms with Gasteiger partial charge in [0.2, 0.25) is 11.1 Å². The lowest BCUT2D eigenvalue weighted by atomic mass is 10.3. The van der Waals surface area contributed by atoms with E-state index in [1.54, 1.807) is 6.92 Å². The summed E-state index contributed by atoms with van der Waals surface area (Å²) >= 11 is 1.08. The molecule has 1 aromatic carbocycles. The monoisotopic (exact) mass is 347 g/mol. The Hall–Kier alpha value is -2.30. The predicted molar refractivity (Wildman–Crippen MR) is 75.0 cm³/mol. The van der Waals surface area contributed by atoms with Crippen LogP contribution < -0.4 is 10.5 Å². The number of ether oxygens (including phenoxy) is 1. The van der Waals surface area contributed by atoms with E-state index in [0.29, 0.717) is 17.3 Å². The lowest BCUT2D eigenvalue weighted by Gasteiger charge is -2.11. The van der Waals surface area contributed by atoms with Crippen molar-refractivity contribution in [1.82, 2.24) is 20.2 Å². The van der Waals surface area contributed by atoms with E-state index < -0.39 is 17.5 Å². The second-order valence-corrected chi connectivity index (χ2v) is 5.50. The molecule has 124 valence electrons. The third-order valence-electron chi connectivity index (χ3n) is 2.69. The molecular weight excluding hydrogens is 335 g/mol. The van der Waals surface area contributed by atoms with Gasteiger partial charge in [0, 0.05) is 0 Å². The number of aromatic nitrogens is 4. The van der Waals surface area contributed by atoms with E-state index in [0.717, 1.165) is 23.9 Å². The standard InChI is InChI=1S/C12H12F3N5O2S/c1-2-9(10(16)21)23-11-17-18-19-20(11)7-3-5-8(6-4-7)22-12(13,14)15/h3-6,9H,2H2,1H3,(H2,16,21)/t9-/m1/s1. The minimum Gasteiger partial charge on any atom is -0.406 e. The van der Waals surface area contributed by atoms with Crippen molar-refractivity contribution in [2.75, 3.05) is 0 Å². The average molecular weight is 347 g/mol. The summed E-state index contributed by atoms with van der Waals surface area (Å²) in [5.74, 6) is -0.854. The van der Waals surface area contributed by atoms with Crippen molar-refractivity contribution >= 4 is 17.7 Å². The Bertz CT molecular complexity index is 674. The Morgan fingerprint density at radius 1 is 1.39 bits per heavy atom. The van der Waals surface area contributed by atoms with Gasteiger partial charge in [-0.05, 0) is 41.1 Å². The minimum atomic E-state index is -4.76. The van der Waals surface area contributed by atoms with Gasteiger partial charge < -0.3 is 10.5 Å². The van der Waals surface area contributed by atoms with Crippen LogP contribution >= 0.6 is 11.8 Å². The van der Waals surface area contributed by atoms with Crippen LogP contribution in [0, 0.1) is 0 Å².